The Morgan fingerprint density at radius 2 is 1.86 bits per heavy atom. The SMILES string of the molecule is CCCCc1cc[n+](C)cc1.CSCCC(N)C(=O)NC(CCCCN)C(=O)O. The molecule has 6 N–H and O–H groups in total. The number of hydrogen-bond acceptors (Lipinski definition) is 5. The van der Waals surface area contributed by atoms with Crippen molar-refractivity contribution in [1.82, 2.24) is 5.32 Å². The smallest absolute Gasteiger partial charge is 0.326 e. The van der Waals surface area contributed by atoms with Crippen molar-refractivity contribution < 1.29 is 19.3 Å². The zero-order chi connectivity index (χ0) is 22.1. The standard InChI is InChI=1S/C11H23N3O3S.C10H16N/c1-18-7-5-8(13)10(15)14-9(11(16)17)4-2-3-6-12;1-3-4-5-10-6-8-11(2)9-7-10/h8-9H,2-7,12-13H2,1H3,(H,14,15)(H,16,17);6-9H,3-5H2,1-2H3/q;+1. The van der Waals surface area contributed by atoms with E-state index >= 15 is 0 Å². The zero-order valence-electron chi connectivity index (χ0n) is 18.1. The molecule has 0 spiro atoms. The van der Waals surface area contributed by atoms with E-state index in [0.29, 0.717) is 25.8 Å². The lowest BCUT2D eigenvalue weighted by Gasteiger charge is -2.17. The van der Waals surface area contributed by atoms with Gasteiger partial charge in [-0.3, -0.25) is 4.79 Å². The Labute approximate surface area is 179 Å². The minimum Gasteiger partial charge on any atom is -0.480 e. The van der Waals surface area contributed by atoms with Crippen LogP contribution < -0.4 is 21.4 Å². The fraction of sp³-hybridized carbons (Fsp3) is 0.667. The fourth-order valence-corrected chi connectivity index (χ4v) is 2.97. The quantitative estimate of drug-likeness (QED) is 0.280. The van der Waals surface area contributed by atoms with Crippen LogP contribution in [0.25, 0.3) is 0 Å². The lowest BCUT2D eigenvalue weighted by atomic mass is 10.1. The predicted molar refractivity (Wildman–Crippen MR) is 120 cm³/mol. The van der Waals surface area contributed by atoms with Crippen molar-refractivity contribution in [3.05, 3.63) is 30.1 Å². The number of unbranched alkanes of at least 4 members (excludes halogenated alkanes) is 2. The van der Waals surface area contributed by atoms with Gasteiger partial charge in [0.15, 0.2) is 12.4 Å². The molecule has 0 aliphatic heterocycles. The summed E-state index contributed by atoms with van der Waals surface area (Å²) >= 11 is 1.60. The van der Waals surface area contributed by atoms with Crippen LogP contribution in [0.4, 0.5) is 0 Å². The molecule has 0 aliphatic rings. The Morgan fingerprint density at radius 3 is 2.38 bits per heavy atom. The van der Waals surface area contributed by atoms with Gasteiger partial charge in [0, 0.05) is 12.1 Å². The Morgan fingerprint density at radius 1 is 1.21 bits per heavy atom. The van der Waals surface area contributed by atoms with Gasteiger partial charge in [-0.25, -0.2) is 9.36 Å². The average molecular weight is 428 g/mol. The number of aromatic nitrogens is 1. The van der Waals surface area contributed by atoms with E-state index in [-0.39, 0.29) is 0 Å². The van der Waals surface area contributed by atoms with E-state index in [0.717, 1.165) is 12.2 Å². The van der Waals surface area contributed by atoms with Gasteiger partial charge in [-0.2, -0.15) is 11.8 Å². The summed E-state index contributed by atoms with van der Waals surface area (Å²) in [5.41, 5.74) is 12.5. The number of thioether (sulfide) groups is 1. The van der Waals surface area contributed by atoms with Gasteiger partial charge < -0.3 is 21.9 Å². The second-order valence-corrected chi connectivity index (χ2v) is 8.03. The Bertz CT molecular complexity index is 570. The molecule has 0 saturated carbocycles. The third-order valence-corrected chi connectivity index (χ3v) is 5.04. The lowest BCUT2D eigenvalue weighted by Crippen LogP contribution is -2.48. The van der Waals surface area contributed by atoms with Crippen molar-refractivity contribution in [3.63, 3.8) is 0 Å². The summed E-state index contributed by atoms with van der Waals surface area (Å²) in [6, 6.07) is 2.86. The second kappa shape index (κ2) is 17.2. The Kier molecular flexibility index (Phi) is 16.3. The van der Waals surface area contributed by atoms with Crippen LogP contribution in [0.15, 0.2) is 24.5 Å². The first-order valence-electron chi connectivity index (χ1n) is 10.3. The number of aryl methyl sites for hydroxylation is 2. The van der Waals surface area contributed by atoms with Gasteiger partial charge in [0.05, 0.1) is 6.04 Å². The summed E-state index contributed by atoms with van der Waals surface area (Å²) in [6.45, 7) is 2.75. The van der Waals surface area contributed by atoms with Gasteiger partial charge in [0.2, 0.25) is 5.91 Å². The monoisotopic (exact) mass is 427 g/mol. The third kappa shape index (κ3) is 14.1. The number of carbonyl (C=O) groups excluding carboxylic acids is 1. The first-order valence-corrected chi connectivity index (χ1v) is 11.7. The average Bonchev–Trinajstić information content (AvgIpc) is 2.71. The highest BCUT2D eigenvalue weighted by Crippen LogP contribution is 2.03. The van der Waals surface area contributed by atoms with Crippen LogP contribution in [0.5, 0.6) is 0 Å². The van der Waals surface area contributed by atoms with Crippen molar-refractivity contribution in [2.24, 2.45) is 18.5 Å². The molecule has 1 rings (SSSR count). The maximum atomic E-state index is 11.7. The molecule has 1 aromatic heterocycles. The van der Waals surface area contributed by atoms with Crippen LogP contribution in [-0.4, -0.2) is 47.6 Å². The molecule has 1 aromatic rings. The van der Waals surface area contributed by atoms with Gasteiger partial charge in [-0.1, -0.05) is 13.3 Å². The molecule has 0 aliphatic carbocycles. The zero-order valence-corrected chi connectivity index (χ0v) is 18.9. The molecule has 0 aromatic carbocycles. The topological polar surface area (TPSA) is 122 Å². The number of carboxylic acid groups (broad SMARTS) is 1. The van der Waals surface area contributed by atoms with E-state index in [4.69, 9.17) is 16.6 Å². The lowest BCUT2D eigenvalue weighted by molar-refractivity contribution is -0.671. The highest BCUT2D eigenvalue weighted by molar-refractivity contribution is 7.98. The van der Waals surface area contributed by atoms with Crippen LogP contribution in [-0.2, 0) is 23.1 Å². The summed E-state index contributed by atoms with van der Waals surface area (Å²) in [4.78, 5) is 22.6. The van der Waals surface area contributed by atoms with Crippen LogP contribution in [0.2, 0.25) is 0 Å². The highest BCUT2D eigenvalue weighted by atomic mass is 32.2. The largest absolute Gasteiger partial charge is 0.480 e. The van der Waals surface area contributed by atoms with Crippen molar-refractivity contribution in [2.75, 3.05) is 18.6 Å². The van der Waals surface area contributed by atoms with E-state index < -0.39 is 24.0 Å². The number of nitrogens with one attached hydrogen (secondary N) is 1. The molecule has 2 atom stereocenters. The van der Waals surface area contributed by atoms with Gasteiger partial charge in [-0.05, 0) is 62.6 Å². The molecule has 7 nitrogen and oxygen atoms in total. The van der Waals surface area contributed by atoms with Crippen LogP contribution in [0.3, 0.4) is 0 Å². The fourth-order valence-electron chi connectivity index (χ4n) is 2.48. The third-order valence-electron chi connectivity index (χ3n) is 4.40. The molecule has 0 radical (unpaired) electrons. The van der Waals surface area contributed by atoms with Crippen molar-refractivity contribution in [3.8, 4) is 0 Å². The van der Waals surface area contributed by atoms with E-state index in [1.807, 2.05) is 13.3 Å². The summed E-state index contributed by atoms with van der Waals surface area (Å²) in [5.74, 6) is -0.652. The Hall–Kier alpha value is -1.64. The maximum absolute atomic E-state index is 11.7. The number of rotatable bonds is 13. The second-order valence-electron chi connectivity index (χ2n) is 7.05. The molecule has 0 saturated heterocycles. The predicted octanol–water partition coefficient (Wildman–Crippen LogP) is 1.62. The molecular formula is C21H39N4O3S+. The normalized spacial score (nSPS) is 12.4. The number of aliphatic carboxylic acids is 1. The molecular weight excluding hydrogens is 388 g/mol. The number of nitrogens with two attached hydrogens (primary N) is 2. The molecule has 29 heavy (non-hydrogen) atoms. The van der Waals surface area contributed by atoms with Crippen molar-refractivity contribution in [1.29, 1.82) is 0 Å². The molecule has 1 heterocycles. The summed E-state index contributed by atoms with van der Waals surface area (Å²) in [7, 11) is 2.05. The molecule has 1 amide bonds. The molecule has 166 valence electrons. The maximum Gasteiger partial charge on any atom is 0.326 e. The summed E-state index contributed by atoms with van der Waals surface area (Å²) in [5, 5.41) is 11.5. The van der Waals surface area contributed by atoms with Crippen LogP contribution >= 0.6 is 11.8 Å². The van der Waals surface area contributed by atoms with Crippen molar-refractivity contribution in [2.45, 2.75) is 64.0 Å². The van der Waals surface area contributed by atoms with Crippen LogP contribution in [0.1, 0.15) is 51.0 Å². The molecule has 2 unspecified atom stereocenters. The van der Waals surface area contributed by atoms with Crippen molar-refractivity contribution >= 4 is 23.6 Å². The highest BCUT2D eigenvalue weighted by Gasteiger charge is 2.22. The minimum absolute atomic E-state index is 0.382. The van der Waals surface area contributed by atoms with E-state index in [9.17, 15) is 9.59 Å². The Balaban J connectivity index is 0.000000604. The first kappa shape index (κ1) is 27.4. The number of carbonyl (C=O) groups is 2. The van der Waals surface area contributed by atoms with E-state index in [1.54, 1.807) is 11.8 Å². The van der Waals surface area contributed by atoms with E-state index in [2.05, 4.69) is 41.3 Å². The number of carboxylic acids is 1. The minimum atomic E-state index is -1.03. The summed E-state index contributed by atoms with van der Waals surface area (Å²) in [6.07, 6.45) is 12.3. The molecule has 0 fully saturated rings. The van der Waals surface area contributed by atoms with Gasteiger partial charge in [0.1, 0.15) is 13.1 Å². The molecule has 8 heteroatoms. The number of amides is 1. The van der Waals surface area contributed by atoms with Crippen LogP contribution in [0, 0.1) is 0 Å². The number of pyridine rings is 1. The van der Waals surface area contributed by atoms with Gasteiger partial charge in [0.25, 0.3) is 0 Å². The number of nitrogens with zero attached hydrogens (tertiary/aromatic N) is 1. The first-order chi connectivity index (χ1) is 13.8. The van der Waals surface area contributed by atoms with Gasteiger partial charge >= 0.3 is 5.97 Å². The molecule has 0 bridgehead atoms. The summed E-state index contributed by atoms with van der Waals surface area (Å²) < 4.78 is 2.06. The van der Waals surface area contributed by atoms with E-state index in [1.165, 1.54) is 24.8 Å². The van der Waals surface area contributed by atoms with Gasteiger partial charge in [-0.15, -0.1) is 0 Å². The number of hydrogen-bond donors (Lipinski definition) is 4.